The predicted octanol–water partition coefficient (Wildman–Crippen LogP) is 10.5. The number of benzene rings is 1. The van der Waals surface area contributed by atoms with Crippen molar-refractivity contribution < 1.29 is 43.7 Å². The third kappa shape index (κ3) is 9.41. The molecule has 5 aliphatic rings. The van der Waals surface area contributed by atoms with Crippen molar-refractivity contribution in [1.29, 1.82) is 0 Å². The molecule has 0 heterocycles. The number of carboxylic acids is 2. The van der Waals surface area contributed by atoms with Gasteiger partial charge in [0.05, 0.1) is 23.7 Å². The van der Waals surface area contributed by atoms with E-state index in [1.54, 1.807) is 27.7 Å². The summed E-state index contributed by atoms with van der Waals surface area (Å²) in [6, 6.07) is 7.81. The van der Waals surface area contributed by atoms with Crippen LogP contribution in [0.3, 0.4) is 0 Å². The van der Waals surface area contributed by atoms with Crippen molar-refractivity contribution in [2.75, 3.05) is 33.7 Å². The van der Waals surface area contributed by atoms with Gasteiger partial charge in [-0.05, 0) is 162 Å². The fraction of sp³-hybridized carbons (Fsp3) is 0.759. The molecule has 368 valence electrons. The first kappa shape index (κ1) is 52.1. The zero-order chi connectivity index (χ0) is 49.2. The Morgan fingerprint density at radius 3 is 1.97 bits per heavy atom. The Balaban J connectivity index is 1.38. The van der Waals surface area contributed by atoms with E-state index < -0.39 is 46.2 Å². The van der Waals surface area contributed by atoms with Crippen molar-refractivity contribution in [3.8, 4) is 0 Å². The van der Waals surface area contributed by atoms with Crippen LogP contribution in [0.25, 0.3) is 0 Å². The first-order valence-corrected chi connectivity index (χ1v) is 25.1. The highest BCUT2D eigenvalue weighted by atomic mass is 35.5. The van der Waals surface area contributed by atoms with E-state index in [-0.39, 0.29) is 70.6 Å². The number of halogens is 1. The maximum Gasteiger partial charge on any atom is 0.309 e. The summed E-state index contributed by atoms with van der Waals surface area (Å²) in [6.45, 7) is 24.9. The zero-order valence-electron chi connectivity index (χ0n) is 42.4. The molecule has 0 saturated heterocycles. The normalized spacial score (nSPS) is 32.3. The molecule has 0 aliphatic heterocycles. The van der Waals surface area contributed by atoms with Crippen molar-refractivity contribution >= 4 is 41.3 Å². The molecule has 12 heteroatoms. The van der Waals surface area contributed by atoms with Crippen molar-refractivity contribution in [2.45, 2.75) is 166 Å². The SMILES string of the molecule is CC(C)C1=C2[C@H]3CC[C@H]4C(C)(CC[C@H]5C(C)(C)[C@@H](OC(=O)CC(C)(C)C(=O)O)CC[C@@]54C)[C@]3(C)CC[C@@]2([C@H](CN(CCN(C)C)Cc2ccc(Cl)cc2)OC(=O)CC(C)(C)C(=O)O)CC1=O. The molecule has 0 aromatic heterocycles. The topological polar surface area (TPSA) is 151 Å². The number of carbonyl (C=O) groups excluding carboxylic acids is 3. The number of hydrogen-bond acceptors (Lipinski definition) is 9. The minimum atomic E-state index is -1.33. The first-order chi connectivity index (χ1) is 30.4. The average Bonchev–Trinajstić information content (AvgIpc) is 3.51. The maximum atomic E-state index is 14.8. The Morgan fingerprint density at radius 1 is 0.788 bits per heavy atom. The molecule has 66 heavy (non-hydrogen) atoms. The molecule has 2 N–H and O–H groups in total. The second-order valence-corrected chi connectivity index (χ2v) is 25.0. The van der Waals surface area contributed by atoms with Gasteiger partial charge in [-0.2, -0.15) is 0 Å². The maximum absolute atomic E-state index is 14.8. The number of fused-ring (bicyclic) bond motifs is 7. The van der Waals surface area contributed by atoms with E-state index in [2.05, 4.69) is 58.3 Å². The first-order valence-electron chi connectivity index (χ1n) is 24.7. The summed E-state index contributed by atoms with van der Waals surface area (Å²) >= 11 is 6.31. The van der Waals surface area contributed by atoms with Gasteiger partial charge in [-0.1, -0.05) is 72.2 Å². The predicted molar refractivity (Wildman–Crippen MR) is 257 cm³/mol. The number of nitrogens with zero attached hydrogens (tertiary/aromatic N) is 2. The van der Waals surface area contributed by atoms with Crippen LogP contribution in [0.1, 0.15) is 152 Å². The fourth-order valence-electron chi connectivity index (χ4n) is 14.5. The van der Waals surface area contributed by atoms with Crippen molar-refractivity contribution in [2.24, 2.45) is 61.6 Å². The van der Waals surface area contributed by atoms with E-state index in [1.807, 2.05) is 38.4 Å². The third-order valence-corrected chi connectivity index (χ3v) is 18.8. The smallest absolute Gasteiger partial charge is 0.309 e. The third-order valence-electron chi connectivity index (χ3n) is 18.5. The van der Waals surface area contributed by atoms with E-state index in [4.69, 9.17) is 21.1 Å². The molecule has 5 aliphatic carbocycles. The molecule has 4 saturated carbocycles. The molecular weight excluding hydrogens is 856 g/mol. The van der Waals surface area contributed by atoms with E-state index in [1.165, 1.54) is 5.57 Å². The zero-order valence-corrected chi connectivity index (χ0v) is 43.2. The van der Waals surface area contributed by atoms with Crippen LogP contribution in [-0.2, 0) is 40.0 Å². The van der Waals surface area contributed by atoms with Gasteiger partial charge < -0.3 is 24.6 Å². The Bertz CT molecular complexity index is 2080. The van der Waals surface area contributed by atoms with Crippen LogP contribution in [0.15, 0.2) is 35.4 Å². The van der Waals surface area contributed by atoms with Gasteiger partial charge in [-0.25, -0.2) is 0 Å². The van der Waals surface area contributed by atoms with Gasteiger partial charge in [-0.3, -0.25) is 28.9 Å². The molecule has 9 atom stereocenters. The van der Waals surface area contributed by atoms with E-state index >= 15 is 0 Å². The summed E-state index contributed by atoms with van der Waals surface area (Å²) in [7, 11) is 4.08. The lowest BCUT2D eigenvalue weighted by atomic mass is 9.33. The standard InChI is InChI=1S/C54H81ClN2O9/c1-33(2)44-37(58)28-54(41(66-43(60)30-49(5,6)47(63)64)32-57(27-26-56(12)13)31-34-14-16-35(55)17-15-34)25-24-52(10)36(45(44)54)18-19-39-51(9)22-21-40(65-42(59)29-48(3,4)46(61)62)50(7,8)38(51)20-23-53(39,52)11/h14-17,33,36,38-41H,18-32H2,1-13H3,(H,61,62)(H,63,64)/t36-,38+,39-,40+,41+,51+,52-,53?,54+/m1/s1. The van der Waals surface area contributed by atoms with E-state index in [0.29, 0.717) is 37.0 Å². The van der Waals surface area contributed by atoms with Crippen LogP contribution in [0.5, 0.6) is 0 Å². The second-order valence-electron chi connectivity index (χ2n) is 24.6. The number of hydrogen-bond donors (Lipinski definition) is 2. The van der Waals surface area contributed by atoms with E-state index in [9.17, 15) is 34.2 Å². The Labute approximate surface area is 400 Å². The molecule has 1 aromatic rings. The number of likely N-dealkylation sites (N-methyl/N-ethyl adjacent to an activating group) is 1. The largest absolute Gasteiger partial charge is 0.481 e. The minimum absolute atomic E-state index is 0.0309. The highest BCUT2D eigenvalue weighted by Crippen LogP contribution is 2.77. The lowest BCUT2D eigenvalue weighted by Gasteiger charge is -2.72. The summed E-state index contributed by atoms with van der Waals surface area (Å²) in [4.78, 5) is 71.0. The number of ketones is 1. The highest BCUT2D eigenvalue weighted by molar-refractivity contribution is 6.30. The van der Waals surface area contributed by atoms with E-state index in [0.717, 1.165) is 62.6 Å². The molecule has 4 fully saturated rings. The van der Waals surface area contributed by atoms with Gasteiger partial charge >= 0.3 is 23.9 Å². The van der Waals surface area contributed by atoms with Gasteiger partial charge in [0.15, 0.2) is 5.78 Å². The second kappa shape index (κ2) is 18.6. The van der Waals surface area contributed by atoms with Crippen molar-refractivity contribution in [3.05, 3.63) is 46.0 Å². The quantitative estimate of drug-likeness (QED) is 0.144. The number of ether oxygens (including phenoxy) is 2. The van der Waals surface area contributed by atoms with Crippen LogP contribution in [0, 0.1) is 61.6 Å². The summed E-state index contributed by atoms with van der Waals surface area (Å²) < 4.78 is 13.0. The molecule has 0 bridgehead atoms. The summed E-state index contributed by atoms with van der Waals surface area (Å²) in [5.74, 6) is -2.24. The molecular formula is C54H81ClN2O9. The van der Waals surface area contributed by atoms with Crippen molar-refractivity contribution in [3.63, 3.8) is 0 Å². The van der Waals surface area contributed by atoms with Crippen LogP contribution in [-0.4, -0.2) is 95.6 Å². The molecule has 6 rings (SSSR count). The number of rotatable bonds is 17. The monoisotopic (exact) mass is 937 g/mol. The van der Waals surface area contributed by atoms with Crippen LogP contribution < -0.4 is 0 Å². The molecule has 1 aromatic carbocycles. The van der Waals surface area contributed by atoms with Crippen molar-refractivity contribution in [1.82, 2.24) is 9.80 Å². The number of carboxylic acid groups (broad SMARTS) is 2. The summed E-state index contributed by atoms with van der Waals surface area (Å²) in [6.07, 6.45) is 5.84. The lowest BCUT2D eigenvalue weighted by molar-refractivity contribution is -0.235. The van der Waals surface area contributed by atoms with Crippen LogP contribution in [0.2, 0.25) is 5.02 Å². The van der Waals surface area contributed by atoms with Gasteiger partial charge in [-0.15, -0.1) is 0 Å². The molecule has 0 radical (unpaired) electrons. The molecule has 0 spiro atoms. The summed E-state index contributed by atoms with van der Waals surface area (Å²) in [5.41, 5.74) is -0.739. The lowest BCUT2D eigenvalue weighted by Crippen LogP contribution is -2.66. The molecule has 1 unspecified atom stereocenters. The fourth-order valence-corrected chi connectivity index (χ4v) is 14.6. The highest BCUT2D eigenvalue weighted by Gasteiger charge is 2.71. The Morgan fingerprint density at radius 2 is 1.39 bits per heavy atom. The number of aliphatic carboxylic acids is 2. The number of carbonyl (C=O) groups is 5. The van der Waals surface area contributed by atoms with Gasteiger partial charge in [0.1, 0.15) is 12.2 Å². The Hall–Kier alpha value is -3.28. The minimum Gasteiger partial charge on any atom is -0.481 e. The van der Waals surface area contributed by atoms with Gasteiger partial charge in [0.25, 0.3) is 0 Å². The number of esters is 2. The molecule has 0 amide bonds. The van der Waals surface area contributed by atoms with Crippen LogP contribution >= 0.6 is 11.6 Å². The number of Topliss-reactive ketones (excluding diaryl/α,β-unsaturated/α-hetero) is 1. The number of allylic oxidation sites excluding steroid dienone is 1. The summed E-state index contributed by atoms with van der Waals surface area (Å²) in [5, 5.41) is 20.4. The van der Waals surface area contributed by atoms with Gasteiger partial charge in [0, 0.05) is 48.5 Å². The molecule has 11 nitrogen and oxygen atoms in total. The Kier molecular flexibility index (Phi) is 14.7. The average molecular weight is 938 g/mol. The van der Waals surface area contributed by atoms with Gasteiger partial charge in [0.2, 0.25) is 0 Å². The van der Waals surface area contributed by atoms with Crippen LogP contribution in [0.4, 0.5) is 0 Å².